The molecule has 0 spiro atoms. The molecule has 2 aromatic rings. The number of thiocarbonyl (C=S) groups is 1. The quantitative estimate of drug-likeness (QED) is 0.825. The number of aromatic nitrogens is 2. The lowest BCUT2D eigenvalue weighted by molar-refractivity contribution is 0.0937. The van der Waals surface area contributed by atoms with Gasteiger partial charge in [-0.2, -0.15) is 5.10 Å². The Morgan fingerprint density at radius 2 is 2.10 bits per heavy atom. The number of aryl methyl sites for hydroxylation is 2. The maximum Gasteiger partial charge on any atom is 0.270 e. The fourth-order valence-corrected chi connectivity index (χ4v) is 2.28. The molecule has 1 aromatic carbocycles. The Labute approximate surface area is 129 Å². The van der Waals surface area contributed by atoms with Crippen LogP contribution in [0.5, 0.6) is 0 Å². The van der Waals surface area contributed by atoms with Gasteiger partial charge in [-0.25, -0.2) is 0 Å². The molecular weight excluding hydrogens is 284 g/mol. The number of hydrogen-bond acceptors (Lipinski definition) is 3. The molecule has 0 aliphatic carbocycles. The van der Waals surface area contributed by atoms with Gasteiger partial charge >= 0.3 is 0 Å². The predicted octanol–water partition coefficient (Wildman–Crippen LogP) is 1.74. The van der Waals surface area contributed by atoms with E-state index < -0.39 is 6.04 Å². The van der Waals surface area contributed by atoms with E-state index in [1.807, 2.05) is 37.3 Å². The molecule has 0 saturated heterocycles. The fraction of sp³-hybridized carbons (Fsp3) is 0.267. The van der Waals surface area contributed by atoms with Crippen molar-refractivity contribution in [3.05, 3.63) is 53.3 Å². The van der Waals surface area contributed by atoms with Gasteiger partial charge in [0.25, 0.3) is 5.91 Å². The van der Waals surface area contributed by atoms with Crippen LogP contribution < -0.4 is 11.1 Å². The summed E-state index contributed by atoms with van der Waals surface area (Å²) in [4.78, 5) is 12.6. The van der Waals surface area contributed by atoms with Crippen molar-refractivity contribution in [3.8, 4) is 0 Å². The molecule has 0 saturated carbocycles. The summed E-state index contributed by atoms with van der Waals surface area (Å²) in [6.07, 6.45) is 0.776. The molecule has 0 radical (unpaired) electrons. The third-order valence-electron chi connectivity index (χ3n) is 3.22. The van der Waals surface area contributed by atoms with Crippen molar-refractivity contribution in [2.45, 2.75) is 19.4 Å². The standard InChI is InChI=1S/C15H18N4OS/c1-3-11-9-12(19(2)18-11)15(20)17-13(14(16)21)10-7-5-4-6-8-10/h4-9,13H,3H2,1-2H3,(H2,16,21)(H,17,20). The molecule has 1 heterocycles. The highest BCUT2D eigenvalue weighted by molar-refractivity contribution is 7.80. The summed E-state index contributed by atoms with van der Waals surface area (Å²) in [7, 11) is 1.74. The van der Waals surface area contributed by atoms with Crippen LogP contribution in [-0.4, -0.2) is 20.7 Å². The number of amides is 1. The molecule has 6 heteroatoms. The van der Waals surface area contributed by atoms with E-state index in [0.717, 1.165) is 17.7 Å². The first kappa shape index (κ1) is 15.2. The van der Waals surface area contributed by atoms with Crippen LogP contribution in [0.3, 0.4) is 0 Å². The van der Waals surface area contributed by atoms with Gasteiger partial charge in [-0.3, -0.25) is 9.48 Å². The molecule has 110 valence electrons. The highest BCUT2D eigenvalue weighted by atomic mass is 32.1. The molecule has 1 amide bonds. The Morgan fingerprint density at radius 3 is 2.62 bits per heavy atom. The van der Waals surface area contributed by atoms with Crippen molar-refractivity contribution >= 4 is 23.1 Å². The number of rotatable bonds is 5. The monoisotopic (exact) mass is 302 g/mol. The molecule has 3 N–H and O–H groups in total. The zero-order valence-corrected chi connectivity index (χ0v) is 12.9. The number of carbonyl (C=O) groups excluding carboxylic acids is 1. The van der Waals surface area contributed by atoms with Crippen LogP contribution in [-0.2, 0) is 13.5 Å². The van der Waals surface area contributed by atoms with Crippen molar-refractivity contribution in [2.75, 3.05) is 0 Å². The topological polar surface area (TPSA) is 72.9 Å². The van der Waals surface area contributed by atoms with Gasteiger partial charge in [0.1, 0.15) is 16.7 Å². The van der Waals surface area contributed by atoms with Gasteiger partial charge in [-0.1, -0.05) is 49.5 Å². The van der Waals surface area contributed by atoms with Crippen LogP contribution in [0.15, 0.2) is 36.4 Å². The smallest absolute Gasteiger partial charge is 0.270 e. The highest BCUT2D eigenvalue weighted by Gasteiger charge is 2.20. The van der Waals surface area contributed by atoms with Gasteiger partial charge in [0.15, 0.2) is 0 Å². The van der Waals surface area contributed by atoms with Crippen LogP contribution in [0.1, 0.15) is 34.7 Å². The van der Waals surface area contributed by atoms with Crippen molar-refractivity contribution in [3.63, 3.8) is 0 Å². The first-order valence-electron chi connectivity index (χ1n) is 6.71. The van der Waals surface area contributed by atoms with Gasteiger partial charge in [-0.05, 0) is 18.1 Å². The molecule has 0 aliphatic rings. The van der Waals surface area contributed by atoms with E-state index in [0.29, 0.717) is 5.69 Å². The normalized spacial score (nSPS) is 11.9. The molecule has 1 atom stereocenters. The Kier molecular flexibility index (Phi) is 4.70. The maximum atomic E-state index is 12.4. The summed E-state index contributed by atoms with van der Waals surface area (Å²) >= 11 is 5.07. The van der Waals surface area contributed by atoms with Gasteiger partial charge in [0.05, 0.1) is 5.69 Å². The largest absolute Gasteiger partial charge is 0.391 e. The second-order valence-corrected chi connectivity index (χ2v) is 5.19. The summed E-state index contributed by atoms with van der Waals surface area (Å²) in [5, 5.41) is 7.13. The highest BCUT2D eigenvalue weighted by Crippen LogP contribution is 2.14. The van der Waals surface area contributed by atoms with Crippen LogP contribution in [0.25, 0.3) is 0 Å². The first-order valence-corrected chi connectivity index (χ1v) is 7.11. The van der Waals surface area contributed by atoms with Crippen LogP contribution in [0.2, 0.25) is 0 Å². The zero-order valence-electron chi connectivity index (χ0n) is 12.0. The van der Waals surface area contributed by atoms with Gasteiger partial charge in [0.2, 0.25) is 0 Å². The minimum absolute atomic E-state index is 0.229. The first-order chi connectivity index (χ1) is 10.0. The molecule has 5 nitrogen and oxygen atoms in total. The fourth-order valence-electron chi connectivity index (χ4n) is 2.08. The number of hydrogen-bond donors (Lipinski definition) is 2. The Morgan fingerprint density at radius 1 is 1.43 bits per heavy atom. The second-order valence-electron chi connectivity index (χ2n) is 4.72. The summed E-state index contributed by atoms with van der Waals surface area (Å²) in [6.45, 7) is 1.99. The van der Waals surface area contributed by atoms with E-state index in [2.05, 4.69) is 10.4 Å². The average molecular weight is 302 g/mol. The van der Waals surface area contributed by atoms with E-state index >= 15 is 0 Å². The molecular formula is C15H18N4OS. The van der Waals surface area contributed by atoms with E-state index in [1.54, 1.807) is 17.8 Å². The van der Waals surface area contributed by atoms with E-state index in [9.17, 15) is 4.79 Å². The van der Waals surface area contributed by atoms with Crippen LogP contribution in [0, 0.1) is 0 Å². The predicted molar refractivity (Wildman–Crippen MR) is 86.0 cm³/mol. The second kappa shape index (κ2) is 6.49. The average Bonchev–Trinajstić information content (AvgIpc) is 2.86. The summed E-state index contributed by atoms with van der Waals surface area (Å²) < 4.78 is 1.57. The zero-order chi connectivity index (χ0) is 15.4. The minimum atomic E-state index is -0.492. The van der Waals surface area contributed by atoms with E-state index in [-0.39, 0.29) is 10.9 Å². The third kappa shape index (κ3) is 3.46. The Bertz CT molecular complexity index is 651. The van der Waals surface area contributed by atoms with E-state index in [4.69, 9.17) is 18.0 Å². The third-order valence-corrected chi connectivity index (χ3v) is 3.45. The number of carbonyl (C=O) groups is 1. The van der Waals surface area contributed by atoms with Gasteiger partial charge < -0.3 is 11.1 Å². The lowest BCUT2D eigenvalue weighted by Gasteiger charge is -2.17. The van der Waals surface area contributed by atoms with Gasteiger partial charge in [0, 0.05) is 7.05 Å². The van der Waals surface area contributed by atoms with E-state index in [1.165, 1.54) is 0 Å². The van der Waals surface area contributed by atoms with Crippen LogP contribution >= 0.6 is 12.2 Å². The molecule has 0 fully saturated rings. The van der Waals surface area contributed by atoms with Crippen molar-refractivity contribution in [1.82, 2.24) is 15.1 Å². The molecule has 21 heavy (non-hydrogen) atoms. The summed E-state index contributed by atoms with van der Waals surface area (Å²) in [5.74, 6) is -0.244. The maximum absolute atomic E-state index is 12.4. The number of nitrogens with zero attached hydrogens (tertiary/aromatic N) is 2. The van der Waals surface area contributed by atoms with Crippen LogP contribution in [0.4, 0.5) is 0 Å². The number of benzene rings is 1. The Balaban J connectivity index is 2.23. The number of nitrogens with two attached hydrogens (primary N) is 1. The SMILES string of the molecule is CCc1cc(C(=O)NC(C(N)=S)c2ccccc2)n(C)n1. The van der Waals surface area contributed by atoms with Gasteiger partial charge in [-0.15, -0.1) is 0 Å². The minimum Gasteiger partial charge on any atom is -0.391 e. The molecule has 2 rings (SSSR count). The van der Waals surface area contributed by atoms with Crippen molar-refractivity contribution in [2.24, 2.45) is 12.8 Å². The van der Waals surface area contributed by atoms with Crippen molar-refractivity contribution in [1.29, 1.82) is 0 Å². The molecule has 0 bridgehead atoms. The lowest BCUT2D eigenvalue weighted by atomic mass is 10.1. The summed E-state index contributed by atoms with van der Waals surface area (Å²) in [5.41, 5.74) is 7.98. The molecule has 1 unspecified atom stereocenters. The van der Waals surface area contributed by atoms with Crippen molar-refractivity contribution < 1.29 is 4.79 Å². The lowest BCUT2D eigenvalue weighted by Crippen LogP contribution is -2.37. The number of nitrogens with one attached hydrogen (secondary N) is 1. The molecule has 1 aromatic heterocycles. The Hall–Kier alpha value is -2.21. The summed E-state index contributed by atoms with van der Waals surface area (Å²) in [6, 6.07) is 10.7. The molecule has 0 aliphatic heterocycles.